The van der Waals surface area contributed by atoms with Crippen molar-refractivity contribution in [1.29, 1.82) is 0 Å². The Balaban J connectivity index is 1.76. The fourth-order valence-electron chi connectivity index (χ4n) is 2.22. The van der Waals surface area contributed by atoms with Gasteiger partial charge in [0.1, 0.15) is 0 Å². The van der Waals surface area contributed by atoms with Crippen LogP contribution in [0.3, 0.4) is 0 Å². The monoisotopic (exact) mass is 331 g/mol. The van der Waals surface area contributed by atoms with E-state index in [-0.39, 0.29) is 5.91 Å². The van der Waals surface area contributed by atoms with E-state index in [9.17, 15) is 4.79 Å². The molecule has 0 radical (unpaired) electrons. The lowest BCUT2D eigenvalue weighted by atomic mass is 10.1. The van der Waals surface area contributed by atoms with E-state index in [1.807, 2.05) is 41.8 Å². The normalized spacial score (nSPS) is 9.92. The van der Waals surface area contributed by atoms with E-state index in [0.717, 1.165) is 21.7 Å². The molecule has 0 aliphatic rings. The average Bonchev–Trinajstić information content (AvgIpc) is 3.10. The minimum Gasteiger partial charge on any atom is -0.304 e. The van der Waals surface area contributed by atoms with Gasteiger partial charge < -0.3 is 4.90 Å². The summed E-state index contributed by atoms with van der Waals surface area (Å²) in [6.07, 6.45) is 0. The molecule has 118 valence electrons. The highest BCUT2D eigenvalue weighted by Gasteiger charge is 2.11. The highest BCUT2D eigenvalue weighted by atomic mass is 32.1. The van der Waals surface area contributed by atoms with Gasteiger partial charge in [0.15, 0.2) is 0 Å². The predicted octanol–water partition coefficient (Wildman–Crippen LogP) is 4.74. The zero-order valence-corrected chi connectivity index (χ0v) is 14.4. The topological polar surface area (TPSA) is 20.3 Å². The van der Waals surface area contributed by atoms with Crippen LogP contribution in [0.15, 0.2) is 66.0 Å². The lowest BCUT2D eigenvalue weighted by Crippen LogP contribution is -2.23. The number of amides is 1. The molecule has 2 aromatic carbocycles. The Morgan fingerprint density at radius 2 is 1.75 bits per heavy atom. The lowest BCUT2D eigenvalue weighted by Gasteiger charge is -2.10. The fraction of sp³-hybridized carbons (Fsp3) is 0.0952. The lowest BCUT2D eigenvalue weighted by molar-refractivity contribution is -0.113. The van der Waals surface area contributed by atoms with Gasteiger partial charge in [0.05, 0.1) is 5.69 Å². The van der Waals surface area contributed by atoms with Crippen molar-refractivity contribution in [3.05, 3.63) is 77.2 Å². The van der Waals surface area contributed by atoms with E-state index in [1.54, 1.807) is 23.3 Å². The van der Waals surface area contributed by atoms with Crippen LogP contribution in [0.5, 0.6) is 0 Å². The SMILES string of the molecule is Cc1ccc(-c2cc(N(C)C(=O)C#Cc3ccccc3)cs2)cc1. The number of carbonyl (C=O) groups is 1. The van der Waals surface area contributed by atoms with E-state index in [0.29, 0.717) is 0 Å². The number of benzene rings is 2. The van der Waals surface area contributed by atoms with Crippen LogP contribution in [0.1, 0.15) is 11.1 Å². The summed E-state index contributed by atoms with van der Waals surface area (Å²) in [7, 11) is 1.75. The summed E-state index contributed by atoms with van der Waals surface area (Å²) in [5.74, 6) is 5.38. The van der Waals surface area contributed by atoms with Gasteiger partial charge in [0.25, 0.3) is 0 Å². The summed E-state index contributed by atoms with van der Waals surface area (Å²) in [5.41, 5.74) is 4.10. The molecule has 0 saturated carbocycles. The maximum absolute atomic E-state index is 12.3. The van der Waals surface area contributed by atoms with Gasteiger partial charge in [-0.15, -0.1) is 11.3 Å². The smallest absolute Gasteiger partial charge is 0.303 e. The third kappa shape index (κ3) is 3.73. The van der Waals surface area contributed by atoms with Crippen molar-refractivity contribution < 1.29 is 4.79 Å². The number of aryl methyl sites for hydroxylation is 1. The molecule has 1 aromatic heterocycles. The van der Waals surface area contributed by atoms with Crippen LogP contribution < -0.4 is 4.90 Å². The van der Waals surface area contributed by atoms with Gasteiger partial charge >= 0.3 is 5.91 Å². The summed E-state index contributed by atoms with van der Waals surface area (Å²) >= 11 is 1.63. The van der Waals surface area contributed by atoms with Crippen molar-refractivity contribution in [3.63, 3.8) is 0 Å². The van der Waals surface area contributed by atoms with Gasteiger partial charge in [0, 0.05) is 28.8 Å². The zero-order chi connectivity index (χ0) is 16.9. The number of rotatable bonds is 2. The predicted molar refractivity (Wildman–Crippen MR) is 101 cm³/mol. The zero-order valence-electron chi connectivity index (χ0n) is 13.6. The van der Waals surface area contributed by atoms with Gasteiger partial charge in [-0.2, -0.15) is 0 Å². The second kappa shape index (κ2) is 7.16. The molecule has 0 fully saturated rings. The van der Waals surface area contributed by atoms with Crippen LogP contribution in [0.25, 0.3) is 10.4 Å². The molecule has 0 spiro atoms. The van der Waals surface area contributed by atoms with Crippen LogP contribution in [-0.4, -0.2) is 13.0 Å². The van der Waals surface area contributed by atoms with Crippen molar-refractivity contribution in [2.24, 2.45) is 0 Å². The van der Waals surface area contributed by atoms with Crippen molar-refractivity contribution in [2.45, 2.75) is 6.92 Å². The third-order valence-electron chi connectivity index (χ3n) is 3.70. The van der Waals surface area contributed by atoms with Crippen LogP contribution in [0.2, 0.25) is 0 Å². The molecule has 0 N–H and O–H groups in total. The van der Waals surface area contributed by atoms with Crippen LogP contribution >= 0.6 is 11.3 Å². The molecule has 0 unspecified atom stereocenters. The average molecular weight is 331 g/mol. The Kier molecular flexibility index (Phi) is 4.79. The maximum Gasteiger partial charge on any atom is 0.303 e. The van der Waals surface area contributed by atoms with Crippen molar-refractivity contribution >= 4 is 22.9 Å². The molecule has 24 heavy (non-hydrogen) atoms. The molecule has 2 nitrogen and oxygen atoms in total. The number of hydrogen-bond acceptors (Lipinski definition) is 2. The summed E-state index contributed by atoms with van der Waals surface area (Å²) < 4.78 is 0. The molecular formula is C21H17NOS. The molecule has 0 bridgehead atoms. The molecule has 0 aliphatic heterocycles. The first-order valence-electron chi connectivity index (χ1n) is 7.64. The summed E-state index contributed by atoms with van der Waals surface area (Å²) in [6.45, 7) is 2.07. The van der Waals surface area contributed by atoms with E-state index in [1.165, 1.54) is 5.56 Å². The van der Waals surface area contributed by atoms with Gasteiger partial charge in [0.2, 0.25) is 0 Å². The molecule has 3 aromatic rings. The van der Waals surface area contributed by atoms with Crippen molar-refractivity contribution in [2.75, 3.05) is 11.9 Å². The largest absolute Gasteiger partial charge is 0.304 e. The van der Waals surface area contributed by atoms with Gasteiger partial charge in [-0.25, -0.2) is 0 Å². The first-order valence-corrected chi connectivity index (χ1v) is 8.52. The van der Waals surface area contributed by atoms with E-state index < -0.39 is 0 Å². The molecule has 3 heteroatoms. The maximum atomic E-state index is 12.3. The number of hydrogen-bond donors (Lipinski definition) is 0. The molecule has 1 heterocycles. The third-order valence-corrected chi connectivity index (χ3v) is 4.67. The molecular weight excluding hydrogens is 314 g/mol. The molecule has 0 aliphatic carbocycles. The van der Waals surface area contributed by atoms with E-state index in [4.69, 9.17) is 0 Å². The summed E-state index contributed by atoms with van der Waals surface area (Å²) in [4.78, 5) is 15.0. The van der Waals surface area contributed by atoms with Crippen LogP contribution in [0, 0.1) is 18.8 Å². The first kappa shape index (κ1) is 16.0. The number of thiophene rings is 1. The van der Waals surface area contributed by atoms with Gasteiger partial charge in [-0.3, -0.25) is 4.79 Å². The molecule has 0 saturated heterocycles. The van der Waals surface area contributed by atoms with Crippen molar-refractivity contribution in [1.82, 2.24) is 0 Å². The number of carbonyl (C=O) groups excluding carboxylic acids is 1. The minimum absolute atomic E-state index is 0.216. The minimum atomic E-state index is -0.216. The molecule has 1 amide bonds. The Morgan fingerprint density at radius 3 is 2.46 bits per heavy atom. The molecule has 3 rings (SSSR count). The molecule has 0 atom stereocenters. The van der Waals surface area contributed by atoms with Crippen LogP contribution in [0.4, 0.5) is 5.69 Å². The van der Waals surface area contributed by atoms with Gasteiger partial charge in [-0.05, 0) is 30.7 Å². The summed E-state index contributed by atoms with van der Waals surface area (Å²) in [5, 5.41) is 1.98. The fourth-order valence-corrected chi connectivity index (χ4v) is 3.15. The van der Waals surface area contributed by atoms with Gasteiger partial charge in [-0.1, -0.05) is 53.9 Å². The Hall–Kier alpha value is -2.83. The standard InChI is InChI=1S/C21H17NOS/c1-16-8-11-18(12-9-16)20-14-19(15-24-20)22(2)21(23)13-10-17-6-4-3-5-7-17/h3-9,11-12,14-15H,1-2H3. The Morgan fingerprint density at radius 1 is 1.04 bits per heavy atom. The Bertz CT molecular complexity index is 898. The number of nitrogens with zero attached hydrogens (tertiary/aromatic N) is 1. The van der Waals surface area contributed by atoms with E-state index >= 15 is 0 Å². The highest BCUT2D eigenvalue weighted by Crippen LogP contribution is 2.31. The van der Waals surface area contributed by atoms with Crippen molar-refractivity contribution in [3.8, 4) is 22.3 Å². The first-order chi connectivity index (χ1) is 11.6. The Labute approximate surface area is 146 Å². The summed E-state index contributed by atoms with van der Waals surface area (Å²) in [6, 6.07) is 19.9. The highest BCUT2D eigenvalue weighted by molar-refractivity contribution is 7.14. The number of anilines is 1. The van der Waals surface area contributed by atoms with E-state index in [2.05, 4.69) is 43.0 Å². The second-order valence-electron chi connectivity index (χ2n) is 5.52. The quantitative estimate of drug-likeness (QED) is 0.621. The van der Waals surface area contributed by atoms with Crippen LogP contribution in [-0.2, 0) is 4.79 Å². The second-order valence-corrected chi connectivity index (χ2v) is 6.43.